The summed E-state index contributed by atoms with van der Waals surface area (Å²) in [5.41, 5.74) is 1.12. The molecule has 0 aliphatic heterocycles. The summed E-state index contributed by atoms with van der Waals surface area (Å²) in [5.74, 6) is 0.667. The van der Waals surface area contributed by atoms with Crippen molar-refractivity contribution in [2.75, 3.05) is 53.1 Å². The number of benzene rings is 1. The lowest BCUT2D eigenvalue weighted by atomic mass is 10.2. The number of aliphatic imine (C=N–C) groups is 1. The average molecular weight is 506 g/mol. The summed E-state index contributed by atoms with van der Waals surface area (Å²) in [4.78, 5) is 18.7. The zero-order valence-corrected chi connectivity index (χ0v) is 19.6. The van der Waals surface area contributed by atoms with Crippen LogP contribution >= 0.6 is 24.0 Å². The molecule has 0 atom stereocenters. The van der Waals surface area contributed by atoms with Gasteiger partial charge in [0.1, 0.15) is 6.54 Å². The lowest BCUT2D eigenvalue weighted by Crippen LogP contribution is -2.39. The average Bonchev–Trinajstić information content (AvgIpc) is 2.70. The molecule has 0 bridgehead atoms. The molecule has 1 amide bonds. The topological polar surface area (TPSA) is 75.2 Å². The summed E-state index contributed by atoms with van der Waals surface area (Å²) in [5, 5.41) is 6.39. The summed E-state index contributed by atoms with van der Waals surface area (Å²) >= 11 is 0. The van der Waals surface area contributed by atoms with E-state index in [-0.39, 0.29) is 36.4 Å². The molecule has 0 aliphatic rings. The van der Waals surface area contributed by atoms with Crippen LogP contribution < -0.4 is 10.6 Å². The van der Waals surface area contributed by atoms with Gasteiger partial charge in [-0.3, -0.25) is 4.79 Å². The molecule has 0 aliphatic carbocycles. The Morgan fingerprint density at radius 2 is 1.86 bits per heavy atom. The van der Waals surface area contributed by atoms with E-state index in [1.165, 1.54) is 0 Å². The summed E-state index contributed by atoms with van der Waals surface area (Å²) in [6.07, 6.45) is 0.858. The van der Waals surface area contributed by atoms with Crippen LogP contribution in [0.2, 0.25) is 0 Å². The van der Waals surface area contributed by atoms with E-state index in [4.69, 9.17) is 9.47 Å². The van der Waals surface area contributed by atoms with Gasteiger partial charge in [-0.2, -0.15) is 0 Å². The van der Waals surface area contributed by atoms with E-state index in [1.807, 2.05) is 49.1 Å². The van der Waals surface area contributed by atoms with Crippen LogP contribution in [0.15, 0.2) is 35.3 Å². The second-order valence-corrected chi connectivity index (χ2v) is 5.97. The largest absolute Gasteiger partial charge is 0.382 e. The molecule has 0 saturated carbocycles. The molecule has 0 spiro atoms. The van der Waals surface area contributed by atoms with Gasteiger partial charge in [0, 0.05) is 39.9 Å². The van der Waals surface area contributed by atoms with Crippen molar-refractivity contribution in [2.24, 2.45) is 4.99 Å². The maximum Gasteiger partial charge on any atom is 0.244 e. The van der Waals surface area contributed by atoms with Gasteiger partial charge in [0.2, 0.25) is 5.91 Å². The highest BCUT2D eigenvalue weighted by Gasteiger charge is 2.12. The highest BCUT2D eigenvalue weighted by atomic mass is 127. The molecule has 8 heteroatoms. The number of methoxy groups -OCH3 is 1. The van der Waals surface area contributed by atoms with E-state index in [0.29, 0.717) is 38.9 Å². The number of halogens is 1. The number of rotatable bonds is 13. The molecule has 1 aromatic rings. The lowest BCUT2D eigenvalue weighted by Gasteiger charge is -2.20. The number of nitrogens with one attached hydrogen (secondary N) is 2. The zero-order chi connectivity index (χ0) is 19.7. The van der Waals surface area contributed by atoms with Crippen molar-refractivity contribution in [3.05, 3.63) is 35.9 Å². The Morgan fingerprint density at radius 1 is 1.11 bits per heavy atom. The maximum atomic E-state index is 12.5. The highest BCUT2D eigenvalue weighted by molar-refractivity contribution is 14.0. The third-order valence-corrected chi connectivity index (χ3v) is 3.86. The minimum atomic E-state index is 0. The number of ether oxygens (including phenoxy) is 2. The lowest BCUT2D eigenvalue weighted by molar-refractivity contribution is -0.130. The molecule has 7 nitrogen and oxygen atoms in total. The van der Waals surface area contributed by atoms with Gasteiger partial charge >= 0.3 is 0 Å². The number of likely N-dealkylation sites (N-methyl/N-ethyl adjacent to an activating group) is 1. The molecule has 28 heavy (non-hydrogen) atoms. The van der Waals surface area contributed by atoms with E-state index in [0.717, 1.165) is 25.1 Å². The number of carbonyl (C=O) groups excluding carboxylic acids is 1. The fourth-order valence-corrected chi connectivity index (χ4v) is 2.39. The third kappa shape index (κ3) is 12.1. The van der Waals surface area contributed by atoms with Gasteiger partial charge in [-0.25, -0.2) is 4.99 Å². The van der Waals surface area contributed by atoms with Crippen molar-refractivity contribution in [1.29, 1.82) is 0 Å². The normalized spacial score (nSPS) is 10.9. The molecule has 2 N–H and O–H groups in total. The minimum absolute atomic E-state index is 0. The van der Waals surface area contributed by atoms with Crippen molar-refractivity contribution >= 4 is 35.8 Å². The standard InChI is InChI=1S/C20H34N4O3.HI/c1-4-21-20(22-12-9-13-27-15-14-26-3)23-16-19(25)24(5-2)17-18-10-7-6-8-11-18;/h6-8,10-11H,4-5,9,12-17H2,1-3H3,(H2,21,22,23);1H. The Kier molecular flexibility index (Phi) is 16.8. The summed E-state index contributed by atoms with van der Waals surface area (Å²) in [7, 11) is 1.66. The van der Waals surface area contributed by atoms with Gasteiger partial charge < -0.3 is 25.0 Å². The Hall–Kier alpha value is -1.39. The molecule has 0 unspecified atom stereocenters. The molecular formula is C20H35IN4O3. The molecule has 0 fully saturated rings. The summed E-state index contributed by atoms with van der Waals surface area (Å²) in [6, 6.07) is 10.00. The molecule has 0 heterocycles. The Balaban J connectivity index is 0.00000729. The SMILES string of the molecule is CCNC(=NCC(=O)N(CC)Cc1ccccc1)NCCCOCCOC.I. The monoisotopic (exact) mass is 506 g/mol. The van der Waals surface area contributed by atoms with Crippen molar-refractivity contribution in [1.82, 2.24) is 15.5 Å². The van der Waals surface area contributed by atoms with Crippen molar-refractivity contribution in [3.8, 4) is 0 Å². The first-order valence-electron chi connectivity index (χ1n) is 9.61. The first-order valence-corrected chi connectivity index (χ1v) is 9.61. The summed E-state index contributed by atoms with van der Waals surface area (Å²) < 4.78 is 10.4. The maximum absolute atomic E-state index is 12.5. The zero-order valence-electron chi connectivity index (χ0n) is 17.3. The van der Waals surface area contributed by atoms with Gasteiger partial charge in [0.15, 0.2) is 5.96 Å². The van der Waals surface area contributed by atoms with Crippen LogP contribution in [0.1, 0.15) is 25.8 Å². The summed E-state index contributed by atoms with van der Waals surface area (Å²) in [6.45, 7) is 8.72. The molecule has 1 rings (SSSR count). The molecule has 160 valence electrons. The van der Waals surface area contributed by atoms with Crippen molar-refractivity contribution in [2.45, 2.75) is 26.8 Å². The fraction of sp³-hybridized carbons (Fsp3) is 0.600. The van der Waals surface area contributed by atoms with Gasteiger partial charge in [-0.15, -0.1) is 24.0 Å². The Bertz CT molecular complexity index is 544. The predicted octanol–water partition coefficient (Wildman–Crippen LogP) is 2.26. The predicted molar refractivity (Wildman–Crippen MR) is 124 cm³/mol. The van der Waals surface area contributed by atoms with Gasteiger partial charge in [0.25, 0.3) is 0 Å². The number of hydrogen-bond donors (Lipinski definition) is 2. The van der Waals surface area contributed by atoms with E-state index in [2.05, 4.69) is 15.6 Å². The third-order valence-electron chi connectivity index (χ3n) is 3.86. The van der Waals surface area contributed by atoms with Gasteiger partial charge in [-0.05, 0) is 25.8 Å². The quantitative estimate of drug-likeness (QED) is 0.186. The molecule has 0 radical (unpaired) electrons. The number of nitrogens with zero attached hydrogens (tertiary/aromatic N) is 2. The van der Waals surface area contributed by atoms with Gasteiger partial charge in [-0.1, -0.05) is 30.3 Å². The minimum Gasteiger partial charge on any atom is -0.382 e. The molecule has 0 saturated heterocycles. The second kappa shape index (κ2) is 17.7. The van der Waals surface area contributed by atoms with Crippen LogP contribution in [-0.4, -0.2) is 69.9 Å². The molecule has 1 aromatic carbocycles. The number of amides is 1. The van der Waals surface area contributed by atoms with Crippen molar-refractivity contribution in [3.63, 3.8) is 0 Å². The second-order valence-electron chi connectivity index (χ2n) is 5.97. The number of hydrogen-bond acceptors (Lipinski definition) is 4. The molecular weight excluding hydrogens is 471 g/mol. The smallest absolute Gasteiger partial charge is 0.244 e. The number of guanidine groups is 1. The van der Waals surface area contributed by atoms with Crippen LogP contribution in [-0.2, 0) is 20.8 Å². The first-order chi connectivity index (χ1) is 13.2. The van der Waals surface area contributed by atoms with E-state index < -0.39 is 0 Å². The van der Waals surface area contributed by atoms with Gasteiger partial charge in [0.05, 0.1) is 13.2 Å². The Labute approximate surface area is 186 Å². The van der Waals surface area contributed by atoms with Crippen LogP contribution in [0.3, 0.4) is 0 Å². The Morgan fingerprint density at radius 3 is 2.50 bits per heavy atom. The highest BCUT2D eigenvalue weighted by Crippen LogP contribution is 2.04. The van der Waals surface area contributed by atoms with Crippen LogP contribution in [0.5, 0.6) is 0 Å². The van der Waals surface area contributed by atoms with Crippen LogP contribution in [0.4, 0.5) is 0 Å². The number of carbonyl (C=O) groups is 1. The van der Waals surface area contributed by atoms with Crippen LogP contribution in [0, 0.1) is 0 Å². The van der Waals surface area contributed by atoms with E-state index in [9.17, 15) is 4.79 Å². The molecule has 0 aromatic heterocycles. The van der Waals surface area contributed by atoms with Crippen LogP contribution in [0.25, 0.3) is 0 Å². The van der Waals surface area contributed by atoms with E-state index in [1.54, 1.807) is 7.11 Å². The fourth-order valence-electron chi connectivity index (χ4n) is 2.39. The van der Waals surface area contributed by atoms with E-state index >= 15 is 0 Å². The first kappa shape index (κ1) is 26.6. The van der Waals surface area contributed by atoms with Crippen molar-refractivity contribution < 1.29 is 14.3 Å².